The first-order valence-corrected chi connectivity index (χ1v) is 14.6. The van der Waals surface area contributed by atoms with Crippen molar-refractivity contribution in [2.75, 3.05) is 6.54 Å². The SMILES string of the molecule is CCC(C)N(CC(=O)N(Cc1ccccc1)Cc1ccc(C)s1)C(=O)NC12CC3CC(CC(C3)C1)C2. The van der Waals surface area contributed by atoms with Gasteiger partial charge in [-0.2, -0.15) is 0 Å². The van der Waals surface area contributed by atoms with E-state index in [0.29, 0.717) is 13.1 Å². The number of benzene rings is 1. The van der Waals surface area contributed by atoms with E-state index in [4.69, 9.17) is 0 Å². The number of carbonyl (C=O) groups excluding carboxylic acids is 2. The Hall–Kier alpha value is -2.34. The largest absolute Gasteiger partial charge is 0.333 e. The molecular weight excluding hydrogens is 466 g/mol. The summed E-state index contributed by atoms with van der Waals surface area (Å²) < 4.78 is 0. The first kappa shape index (κ1) is 25.3. The first-order valence-electron chi connectivity index (χ1n) is 13.8. The second-order valence-corrected chi connectivity index (χ2v) is 13.1. The van der Waals surface area contributed by atoms with Gasteiger partial charge in [0.15, 0.2) is 0 Å². The van der Waals surface area contributed by atoms with Gasteiger partial charge in [0.25, 0.3) is 0 Å². The third kappa shape index (κ3) is 5.64. The fourth-order valence-electron chi connectivity index (χ4n) is 7.25. The Morgan fingerprint density at radius 3 is 2.19 bits per heavy atom. The van der Waals surface area contributed by atoms with Gasteiger partial charge < -0.3 is 15.1 Å². The molecule has 4 bridgehead atoms. The van der Waals surface area contributed by atoms with Crippen molar-refractivity contribution in [3.05, 3.63) is 57.8 Å². The number of carbonyl (C=O) groups is 2. The lowest BCUT2D eigenvalue weighted by atomic mass is 9.53. The Labute approximate surface area is 220 Å². The maximum absolute atomic E-state index is 13.8. The van der Waals surface area contributed by atoms with Crippen molar-refractivity contribution < 1.29 is 9.59 Å². The number of hydrogen-bond acceptors (Lipinski definition) is 3. The van der Waals surface area contributed by atoms with Crippen LogP contribution in [0.3, 0.4) is 0 Å². The van der Waals surface area contributed by atoms with Crippen molar-refractivity contribution in [2.45, 2.75) is 90.4 Å². The minimum Gasteiger partial charge on any atom is -0.333 e. The predicted octanol–water partition coefficient (Wildman–Crippen LogP) is 6.36. The third-order valence-corrected chi connectivity index (χ3v) is 9.80. The minimum atomic E-state index is -0.0567. The van der Waals surface area contributed by atoms with Crippen molar-refractivity contribution >= 4 is 23.3 Å². The van der Waals surface area contributed by atoms with Gasteiger partial charge in [0.05, 0.1) is 6.54 Å². The standard InChI is InChI=1S/C30H41N3O2S/c1-4-21(2)33(29(35)31-30-15-24-12-25(16-30)14-26(13-24)17-30)20-28(34)32(18-23-8-6-5-7-9-23)19-27-11-10-22(3)36-27/h5-11,21,24-26H,4,12-20H2,1-3H3,(H,31,35). The van der Waals surface area contributed by atoms with Gasteiger partial charge in [-0.25, -0.2) is 4.79 Å². The van der Waals surface area contributed by atoms with Crippen LogP contribution in [0.1, 0.15) is 74.1 Å². The topological polar surface area (TPSA) is 52.7 Å². The number of hydrogen-bond donors (Lipinski definition) is 1. The van der Waals surface area contributed by atoms with E-state index in [1.54, 1.807) is 16.2 Å². The van der Waals surface area contributed by atoms with E-state index in [9.17, 15) is 9.59 Å². The van der Waals surface area contributed by atoms with Crippen LogP contribution in [-0.4, -0.2) is 39.9 Å². The molecule has 36 heavy (non-hydrogen) atoms. The third-order valence-electron chi connectivity index (χ3n) is 8.81. The Morgan fingerprint density at radius 2 is 1.64 bits per heavy atom. The molecule has 4 fully saturated rings. The van der Waals surface area contributed by atoms with E-state index in [1.807, 2.05) is 23.1 Å². The molecule has 0 spiro atoms. The summed E-state index contributed by atoms with van der Waals surface area (Å²) in [6, 6.07) is 14.3. The van der Waals surface area contributed by atoms with Crippen LogP contribution in [-0.2, 0) is 17.9 Å². The molecule has 4 saturated carbocycles. The van der Waals surface area contributed by atoms with Crippen molar-refractivity contribution in [1.29, 1.82) is 0 Å². The molecule has 2 aromatic rings. The number of nitrogens with one attached hydrogen (secondary N) is 1. The molecule has 194 valence electrons. The van der Waals surface area contributed by atoms with Gasteiger partial charge in [-0.3, -0.25) is 4.79 Å². The molecule has 3 amide bonds. The Balaban J connectivity index is 1.31. The highest BCUT2D eigenvalue weighted by Gasteiger charge is 2.52. The molecule has 4 aliphatic rings. The lowest BCUT2D eigenvalue weighted by Crippen LogP contribution is -2.63. The molecule has 1 aromatic heterocycles. The number of thiophene rings is 1. The van der Waals surface area contributed by atoms with Crippen molar-refractivity contribution in [1.82, 2.24) is 15.1 Å². The number of aryl methyl sites for hydroxylation is 1. The molecule has 1 aromatic carbocycles. The molecule has 6 heteroatoms. The molecule has 0 saturated heterocycles. The van der Waals surface area contributed by atoms with Crippen LogP contribution >= 0.6 is 11.3 Å². The van der Waals surface area contributed by atoms with Crippen LogP contribution in [0.25, 0.3) is 0 Å². The van der Waals surface area contributed by atoms with Gasteiger partial charge in [-0.15, -0.1) is 11.3 Å². The normalized spacial score (nSPS) is 27.0. The summed E-state index contributed by atoms with van der Waals surface area (Å²) >= 11 is 1.73. The zero-order chi connectivity index (χ0) is 25.3. The molecule has 1 heterocycles. The fourth-order valence-corrected chi connectivity index (χ4v) is 8.16. The van der Waals surface area contributed by atoms with Gasteiger partial charge in [0, 0.05) is 27.9 Å². The molecule has 0 aliphatic heterocycles. The highest BCUT2D eigenvalue weighted by Crippen LogP contribution is 2.55. The Morgan fingerprint density at radius 1 is 1.00 bits per heavy atom. The lowest BCUT2D eigenvalue weighted by molar-refractivity contribution is -0.133. The molecule has 5 nitrogen and oxygen atoms in total. The maximum Gasteiger partial charge on any atom is 0.318 e. The lowest BCUT2D eigenvalue weighted by Gasteiger charge is -2.57. The summed E-state index contributed by atoms with van der Waals surface area (Å²) in [6.45, 7) is 7.48. The van der Waals surface area contributed by atoms with Gasteiger partial charge in [0.2, 0.25) is 5.91 Å². The van der Waals surface area contributed by atoms with Crippen molar-refractivity contribution in [3.8, 4) is 0 Å². The van der Waals surface area contributed by atoms with Gasteiger partial charge in [-0.1, -0.05) is 37.3 Å². The van der Waals surface area contributed by atoms with Gasteiger partial charge in [-0.05, 0) is 94.2 Å². The minimum absolute atomic E-state index is 0.00502. The van der Waals surface area contributed by atoms with Crippen LogP contribution in [0.15, 0.2) is 42.5 Å². The monoisotopic (exact) mass is 507 g/mol. The van der Waals surface area contributed by atoms with E-state index < -0.39 is 0 Å². The number of amides is 3. The zero-order valence-electron chi connectivity index (χ0n) is 22.0. The van der Waals surface area contributed by atoms with E-state index >= 15 is 0 Å². The molecule has 6 rings (SSSR count). The van der Waals surface area contributed by atoms with Crippen LogP contribution in [0.2, 0.25) is 0 Å². The average Bonchev–Trinajstić information content (AvgIpc) is 3.25. The van der Waals surface area contributed by atoms with E-state index in [-0.39, 0.29) is 30.1 Å². The van der Waals surface area contributed by atoms with Crippen molar-refractivity contribution in [2.24, 2.45) is 17.8 Å². The average molecular weight is 508 g/mol. The molecule has 4 aliphatic carbocycles. The molecule has 1 N–H and O–H groups in total. The predicted molar refractivity (Wildman–Crippen MR) is 146 cm³/mol. The fraction of sp³-hybridized carbons (Fsp3) is 0.600. The summed E-state index contributed by atoms with van der Waals surface area (Å²) in [4.78, 5) is 33.6. The molecular formula is C30H41N3O2S. The molecule has 0 radical (unpaired) electrons. The second-order valence-electron chi connectivity index (χ2n) is 11.8. The van der Waals surface area contributed by atoms with Crippen LogP contribution < -0.4 is 5.32 Å². The second kappa shape index (κ2) is 10.6. The smallest absolute Gasteiger partial charge is 0.318 e. The summed E-state index contributed by atoms with van der Waals surface area (Å²) in [5, 5.41) is 3.51. The van der Waals surface area contributed by atoms with Gasteiger partial charge >= 0.3 is 6.03 Å². The Kier molecular flexibility index (Phi) is 7.43. The van der Waals surface area contributed by atoms with Gasteiger partial charge in [0.1, 0.15) is 6.54 Å². The summed E-state index contributed by atoms with van der Waals surface area (Å²) in [6.07, 6.45) is 8.21. The van der Waals surface area contributed by atoms with E-state index in [0.717, 1.165) is 49.0 Å². The number of rotatable bonds is 9. The van der Waals surface area contributed by atoms with Crippen LogP contribution in [0.4, 0.5) is 4.79 Å². The molecule has 1 unspecified atom stereocenters. The summed E-state index contributed by atoms with van der Waals surface area (Å²) in [5.41, 5.74) is 1.05. The van der Waals surface area contributed by atoms with Crippen molar-refractivity contribution in [3.63, 3.8) is 0 Å². The maximum atomic E-state index is 13.8. The van der Waals surface area contributed by atoms with E-state index in [2.05, 4.69) is 50.4 Å². The van der Waals surface area contributed by atoms with Crippen LogP contribution in [0, 0.1) is 24.7 Å². The Bertz CT molecular complexity index is 1030. The number of nitrogens with zero attached hydrogens (tertiary/aromatic N) is 2. The first-order chi connectivity index (χ1) is 17.3. The number of urea groups is 1. The highest BCUT2D eigenvalue weighted by atomic mass is 32.1. The highest BCUT2D eigenvalue weighted by molar-refractivity contribution is 7.11. The zero-order valence-corrected chi connectivity index (χ0v) is 22.9. The van der Waals surface area contributed by atoms with Crippen LogP contribution in [0.5, 0.6) is 0 Å². The summed E-state index contributed by atoms with van der Waals surface area (Å²) in [5.74, 6) is 2.31. The van der Waals surface area contributed by atoms with E-state index in [1.165, 1.54) is 29.0 Å². The quantitative estimate of drug-likeness (QED) is 0.429. The summed E-state index contributed by atoms with van der Waals surface area (Å²) in [7, 11) is 0. The molecule has 1 atom stereocenters.